The Morgan fingerprint density at radius 3 is 2.40 bits per heavy atom. The molecule has 5 aliphatic heterocycles. The van der Waals surface area contributed by atoms with Gasteiger partial charge in [-0.3, -0.25) is 44.0 Å². The molecule has 5 aliphatic rings. The summed E-state index contributed by atoms with van der Waals surface area (Å²) >= 11 is 6.15. The molecule has 3 atom stereocenters. The number of nitriles is 1. The number of imide groups is 2. The van der Waals surface area contributed by atoms with Gasteiger partial charge < -0.3 is 19.9 Å². The molecule has 296 valence electrons. The third kappa shape index (κ3) is 8.00. The Balaban J connectivity index is 0.770. The number of nitrogens with zero attached hydrogens (tertiary/aromatic N) is 8. The SMILES string of the molecule is CN1CC(Oc2ccc(C#N)c(Cl)c2)CC1C(=O)Nc1ccc(N2CCC(CN3CCN(c4ccc5c(c4)C(=O)N(C4CCC(=O)NC4=O)C5=O)CC3)CC2)nn1. The van der Waals surface area contributed by atoms with Gasteiger partial charge in [0, 0.05) is 77.0 Å². The quantitative estimate of drug-likeness (QED) is 0.302. The van der Waals surface area contributed by atoms with Gasteiger partial charge in [0.2, 0.25) is 17.7 Å². The van der Waals surface area contributed by atoms with Crippen LogP contribution in [0.4, 0.5) is 17.3 Å². The van der Waals surface area contributed by atoms with Crippen molar-refractivity contribution in [3.63, 3.8) is 0 Å². The Morgan fingerprint density at radius 2 is 1.70 bits per heavy atom. The van der Waals surface area contributed by atoms with E-state index in [2.05, 4.69) is 35.5 Å². The number of carbonyl (C=O) groups excluding carboxylic acids is 5. The number of nitrogens with one attached hydrogen (secondary N) is 2. The summed E-state index contributed by atoms with van der Waals surface area (Å²) in [6, 6.07) is 14.6. The van der Waals surface area contributed by atoms with E-state index in [-0.39, 0.29) is 30.4 Å². The molecule has 1 aromatic heterocycles. The lowest BCUT2D eigenvalue weighted by Gasteiger charge is -2.39. The zero-order valence-corrected chi connectivity index (χ0v) is 32.3. The number of piperidine rings is 2. The van der Waals surface area contributed by atoms with Gasteiger partial charge in [0.05, 0.1) is 27.8 Å². The molecule has 17 heteroatoms. The third-order valence-electron chi connectivity index (χ3n) is 11.7. The first-order valence-electron chi connectivity index (χ1n) is 19.3. The van der Waals surface area contributed by atoms with Gasteiger partial charge in [0.15, 0.2) is 11.6 Å². The van der Waals surface area contributed by atoms with Crippen molar-refractivity contribution in [3.8, 4) is 11.8 Å². The van der Waals surface area contributed by atoms with Crippen LogP contribution in [0.3, 0.4) is 0 Å². The van der Waals surface area contributed by atoms with E-state index >= 15 is 0 Å². The number of hydrogen-bond donors (Lipinski definition) is 2. The van der Waals surface area contributed by atoms with Crippen LogP contribution in [0, 0.1) is 17.2 Å². The number of likely N-dealkylation sites (tertiary alicyclic amines) is 1. The predicted molar refractivity (Wildman–Crippen MR) is 209 cm³/mol. The van der Waals surface area contributed by atoms with Crippen LogP contribution in [-0.2, 0) is 14.4 Å². The van der Waals surface area contributed by atoms with Crippen LogP contribution in [0.1, 0.15) is 58.4 Å². The van der Waals surface area contributed by atoms with Crippen molar-refractivity contribution >= 4 is 58.5 Å². The van der Waals surface area contributed by atoms with E-state index in [0.717, 1.165) is 75.1 Å². The number of piperazine rings is 1. The van der Waals surface area contributed by atoms with Crippen LogP contribution in [0.15, 0.2) is 48.5 Å². The monoisotopic (exact) mass is 794 g/mol. The molecule has 2 N–H and O–H groups in total. The van der Waals surface area contributed by atoms with E-state index in [9.17, 15) is 24.0 Å². The lowest BCUT2D eigenvalue weighted by molar-refractivity contribution is -0.136. The molecule has 0 radical (unpaired) electrons. The number of amides is 5. The fraction of sp³-hybridized carbons (Fsp3) is 0.450. The summed E-state index contributed by atoms with van der Waals surface area (Å²) in [4.78, 5) is 73.5. The summed E-state index contributed by atoms with van der Waals surface area (Å²) in [5.74, 6) is 0.0951. The van der Waals surface area contributed by atoms with Gasteiger partial charge in [-0.05, 0) is 74.7 Å². The van der Waals surface area contributed by atoms with E-state index in [0.29, 0.717) is 46.6 Å². The summed E-state index contributed by atoms with van der Waals surface area (Å²) < 4.78 is 6.06. The highest BCUT2D eigenvalue weighted by Crippen LogP contribution is 2.32. The van der Waals surface area contributed by atoms with Crippen molar-refractivity contribution in [2.24, 2.45) is 5.92 Å². The lowest BCUT2D eigenvalue weighted by atomic mass is 9.96. The van der Waals surface area contributed by atoms with Crippen LogP contribution in [0.2, 0.25) is 5.02 Å². The molecule has 6 heterocycles. The topological polar surface area (TPSA) is 184 Å². The Morgan fingerprint density at radius 1 is 0.930 bits per heavy atom. The molecule has 3 aromatic rings. The molecular formula is C40H43ClN10O6. The maximum absolute atomic E-state index is 13.3. The maximum Gasteiger partial charge on any atom is 0.262 e. The normalized spacial score (nSPS) is 23.4. The first-order chi connectivity index (χ1) is 27.5. The highest BCUT2D eigenvalue weighted by atomic mass is 35.5. The number of likely N-dealkylation sites (N-methyl/N-ethyl adjacent to an activating group) is 1. The fourth-order valence-corrected chi connectivity index (χ4v) is 8.73. The highest BCUT2D eigenvalue weighted by Gasteiger charge is 2.45. The van der Waals surface area contributed by atoms with Crippen LogP contribution in [0.25, 0.3) is 0 Å². The highest BCUT2D eigenvalue weighted by molar-refractivity contribution is 6.31. The van der Waals surface area contributed by atoms with Crippen LogP contribution in [0.5, 0.6) is 5.75 Å². The molecule has 8 rings (SSSR count). The summed E-state index contributed by atoms with van der Waals surface area (Å²) in [7, 11) is 1.88. The van der Waals surface area contributed by atoms with Gasteiger partial charge in [-0.2, -0.15) is 5.26 Å². The van der Waals surface area contributed by atoms with Crippen LogP contribution in [-0.4, -0.2) is 132 Å². The first kappa shape index (κ1) is 38.3. The predicted octanol–water partition coefficient (Wildman–Crippen LogP) is 2.53. The lowest BCUT2D eigenvalue weighted by Crippen LogP contribution is -2.54. The second-order valence-electron chi connectivity index (χ2n) is 15.3. The molecule has 0 saturated carbocycles. The average Bonchev–Trinajstić information content (AvgIpc) is 3.70. The number of rotatable bonds is 9. The number of aromatic nitrogens is 2. The zero-order valence-electron chi connectivity index (χ0n) is 31.5. The van der Waals surface area contributed by atoms with Crippen LogP contribution < -0.4 is 25.2 Å². The van der Waals surface area contributed by atoms with E-state index in [1.54, 1.807) is 36.4 Å². The van der Waals surface area contributed by atoms with Crippen molar-refractivity contribution in [3.05, 3.63) is 70.2 Å². The van der Waals surface area contributed by atoms with E-state index in [1.807, 2.05) is 30.1 Å². The molecule has 0 spiro atoms. The van der Waals surface area contributed by atoms with Gasteiger partial charge in [-0.15, -0.1) is 10.2 Å². The minimum atomic E-state index is -0.979. The molecule has 4 fully saturated rings. The molecular weight excluding hydrogens is 752 g/mol. The molecule has 16 nitrogen and oxygen atoms in total. The number of fused-ring (bicyclic) bond motifs is 1. The molecule has 3 unspecified atom stereocenters. The molecule has 57 heavy (non-hydrogen) atoms. The summed E-state index contributed by atoms with van der Waals surface area (Å²) in [5, 5.41) is 23.3. The van der Waals surface area contributed by atoms with Gasteiger partial charge in [-0.25, -0.2) is 0 Å². The van der Waals surface area contributed by atoms with E-state index in [1.165, 1.54) is 0 Å². The Hall–Kier alpha value is -5.63. The molecule has 0 aliphatic carbocycles. The summed E-state index contributed by atoms with van der Waals surface area (Å²) in [5.41, 5.74) is 1.83. The Bertz CT molecular complexity index is 2130. The average molecular weight is 795 g/mol. The van der Waals surface area contributed by atoms with Crippen molar-refractivity contribution in [2.45, 2.75) is 50.3 Å². The number of ether oxygens (including phenoxy) is 1. The molecule has 0 bridgehead atoms. The Kier molecular flexibility index (Phi) is 10.8. The third-order valence-corrected chi connectivity index (χ3v) is 12.0. The van der Waals surface area contributed by atoms with E-state index < -0.39 is 35.7 Å². The van der Waals surface area contributed by atoms with Gasteiger partial charge in [0.25, 0.3) is 11.8 Å². The smallest absolute Gasteiger partial charge is 0.262 e. The number of benzene rings is 2. The molecule has 5 amide bonds. The van der Waals surface area contributed by atoms with Gasteiger partial charge >= 0.3 is 0 Å². The van der Waals surface area contributed by atoms with Gasteiger partial charge in [-0.1, -0.05) is 11.6 Å². The van der Waals surface area contributed by atoms with Crippen molar-refractivity contribution < 1.29 is 28.7 Å². The van der Waals surface area contributed by atoms with Crippen molar-refractivity contribution in [1.82, 2.24) is 30.2 Å². The number of hydrogen-bond acceptors (Lipinski definition) is 13. The first-order valence-corrected chi connectivity index (χ1v) is 19.7. The summed E-state index contributed by atoms with van der Waals surface area (Å²) in [6.45, 7) is 6.61. The van der Waals surface area contributed by atoms with E-state index in [4.69, 9.17) is 21.6 Å². The largest absolute Gasteiger partial charge is 0.489 e. The summed E-state index contributed by atoms with van der Waals surface area (Å²) in [6.07, 6.45) is 2.54. The Labute approximate surface area is 334 Å². The minimum Gasteiger partial charge on any atom is -0.489 e. The van der Waals surface area contributed by atoms with Crippen molar-refractivity contribution in [2.75, 3.05) is 74.5 Å². The number of carbonyl (C=O) groups is 5. The molecule has 4 saturated heterocycles. The van der Waals surface area contributed by atoms with Crippen LogP contribution >= 0.6 is 11.6 Å². The fourth-order valence-electron chi connectivity index (χ4n) is 8.52. The number of anilines is 3. The maximum atomic E-state index is 13.3. The number of halogens is 1. The second kappa shape index (κ2) is 16.1. The molecule has 2 aromatic carbocycles. The van der Waals surface area contributed by atoms with Crippen molar-refractivity contribution in [1.29, 1.82) is 5.26 Å². The van der Waals surface area contributed by atoms with Gasteiger partial charge in [0.1, 0.15) is 24.0 Å². The standard InChI is InChI=1S/C40H43ClN10O6/c1-47-23-28(57-27-4-2-25(21-42)31(41)19-27)20-33(47)38(54)43-34-7-8-35(46-45-34)50-12-10-24(11-13-50)22-48-14-16-49(17-15-48)26-3-5-29-30(18-26)40(56)51(39(29)55)32-6-9-36(52)44-37(32)53/h2-5,7-8,18-19,24,28,32-33H,6,9-17,20,22-23H2,1H3,(H,43,45,54)(H,44,52,53). The minimum absolute atomic E-state index is 0.0862. The second-order valence-corrected chi connectivity index (χ2v) is 15.8. The zero-order chi connectivity index (χ0) is 39.8.